The van der Waals surface area contributed by atoms with Crippen molar-refractivity contribution < 1.29 is 4.74 Å². The third-order valence-electron chi connectivity index (χ3n) is 3.73. The smallest absolute Gasteiger partial charge is 0.332 e. The van der Waals surface area contributed by atoms with E-state index in [0.717, 1.165) is 6.42 Å². The first kappa shape index (κ1) is 16.4. The van der Waals surface area contributed by atoms with E-state index in [4.69, 9.17) is 10.5 Å². The Labute approximate surface area is 128 Å². The number of aromatic nitrogens is 4. The lowest BCUT2D eigenvalue weighted by Crippen LogP contribution is -2.40. The third-order valence-corrected chi connectivity index (χ3v) is 3.73. The quantitative estimate of drug-likeness (QED) is 0.756. The van der Waals surface area contributed by atoms with Gasteiger partial charge in [-0.15, -0.1) is 0 Å². The molecule has 0 aliphatic heterocycles. The molecule has 0 aliphatic carbocycles. The molecule has 8 heteroatoms. The van der Waals surface area contributed by atoms with Gasteiger partial charge in [-0.3, -0.25) is 13.9 Å². The highest BCUT2D eigenvalue weighted by atomic mass is 16.5. The van der Waals surface area contributed by atoms with E-state index in [1.807, 2.05) is 11.5 Å². The topological polar surface area (TPSA) is 97.1 Å². The molecule has 22 heavy (non-hydrogen) atoms. The number of ether oxygens (including phenoxy) is 1. The highest BCUT2D eigenvalue weighted by molar-refractivity contribution is 5.71. The first-order chi connectivity index (χ1) is 10.6. The minimum Gasteiger partial charge on any atom is -0.383 e. The Kier molecular flexibility index (Phi) is 5.15. The molecule has 2 N–H and O–H groups in total. The number of hydrogen-bond donors (Lipinski definition) is 1. The van der Waals surface area contributed by atoms with Crippen molar-refractivity contribution in [1.82, 2.24) is 18.7 Å². The van der Waals surface area contributed by atoms with E-state index in [9.17, 15) is 9.59 Å². The zero-order valence-corrected chi connectivity index (χ0v) is 13.3. The third kappa shape index (κ3) is 2.71. The molecule has 0 atom stereocenters. The van der Waals surface area contributed by atoms with Crippen molar-refractivity contribution in [2.45, 2.75) is 39.9 Å². The predicted molar refractivity (Wildman–Crippen MR) is 84.2 cm³/mol. The summed E-state index contributed by atoms with van der Waals surface area (Å²) in [4.78, 5) is 29.5. The van der Waals surface area contributed by atoms with Crippen molar-refractivity contribution in [1.29, 1.82) is 0 Å². The molecule has 0 saturated heterocycles. The monoisotopic (exact) mass is 309 g/mol. The zero-order chi connectivity index (χ0) is 16.3. The Morgan fingerprint density at radius 1 is 1.18 bits per heavy atom. The van der Waals surface area contributed by atoms with Gasteiger partial charge in [0.1, 0.15) is 5.82 Å². The number of aryl methyl sites for hydroxylation is 2. The van der Waals surface area contributed by atoms with Gasteiger partial charge < -0.3 is 15.0 Å². The van der Waals surface area contributed by atoms with Crippen molar-refractivity contribution in [3.05, 3.63) is 26.7 Å². The summed E-state index contributed by atoms with van der Waals surface area (Å²) in [5, 5.41) is 0. The van der Waals surface area contributed by atoms with Gasteiger partial charge >= 0.3 is 5.69 Å². The number of rotatable bonds is 7. The summed E-state index contributed by atoms with van der Waals surface area (Å²) in [7, 11) is 1.57. The lowest BCUT2D eigenvalue weighted by Gasteiger charge is -2.11. The molecule has 0 aliphatic rings. The second kappa shape index (κ2) is 6.89. The van der Waals surface area contributed by atoms with E-state index in [0.29, 0.717) is 49.8 Å². The molecule has 122 valence electrons. The van der Waals surface area contributed by atoms with Crippen LogP contribution in [-0.4, -0.2) is 38.9 Å². The Morgan fingerprint density at radius 2 is 1.91 bits per heavy atom. The van der Waals surface area contributed by atoms with Gasteiger partial charge in [-0.05, 0) is 26.8 Å². The van der Waals surface area contributed by atoms with Gasteiger partial charge in [-0.1, -0.05) is 0 Å². The molecule has 0 spiro atoms. The number of nitrogens with two attached hydrogens (primary N) is 1. The minimum atomic E-state index is -0.347. The van der Waals surface area contributed by atoms with Crippen LogP contribution < -0.4 is 17.0 Å². The van der Waals surface area contributed by atoms with E-state index < -0.39 is 0 Å². The van der Waals surface area contributed by atoms with Crippen LogP contribution in [0.4, 0.5) is 0 Å². The van der Waals surface area contributed by atoms with Gasteiger partial charge in [0.15, 0.2) is 11.2 Å². The van der Waals surface area contributed by atoms with Gasteiger partial charge in [-0.2, -0.15) is 0 Å². The number of methoxy groups -OCH3 is 1. The van der Waals surface area contributed by atoms with Gasteiger partial charge in [0.2, 0.25) is 0 Å². The maximum absolute atomic E-state index is 12.6. The molecule has 2 rings (SSSR count). The normalized spacial score (nSPS) is 11.5. The van der Waals surface area contributed by atoms with Crippen LogP contribution in [0.1, 0.15) is 19.2 Å². The first-order valence-electron chi connectivity index (χ1n) is 7.46. The van der Waals surface area contributed by atoms with Gasteiger partial charge in [0, 0.05) is 20.2 Å². The maximum Gasteiger partial charge on any atom is 0.332 e. The van der Waals surface area contributed by atoms with Crippen LogP contribution in [0.15, 0.2) is 9.59 Å². The molecule has 0 amide bonds. The molecule has 2 heterocycles. The lowest BCUT2D eigenvalue weighted by molar-refractivity contribution is 0.186. The molecular formula is C14H23N5O3. The van der Waals surface area contributed by atoms with Crippen molar-refractivity contribution in [3.8, 4) is 0 Å². The fourth-order valence-electron chi connectivity index (χ4n) is 2.59. The molecule has 0 saturated carbocycles. The van der Waals surface area contributed by atoms with Crippen LogP contribution in [0.25, 0.3) is 11.2 Å². The number of fused-ring (bicyclic) bond motifs is 1. The zero-order valence-electron chi connectivity index (χ0n) is 13.3. The predicted octanol–water partition coefficient (Wildman–Crippen LogP) is -0.317. The molecule has 0 unspecified atom stereocenters. The molecule has 8 nitrogen and oxygen atoms in total. The maximum atomic E-state index is 12.6. The van der Waals surface area contributed by atoms with Gasteiger partial charge in [0.05, 0.1) is 13.2 Å². The van der Waals surface area contributed by atoms with Crippen molar-refractivity contribution >= 4 is 11.2 Å². The van der Waals surface area contributed by atoms with E-state index in [2.05, 4.69) is 4.98 Å². The van der Waals surface area contributed by atoms with Gasteiger partial charge in [-0.25, -0.2) is 9.78 Å². The summed E-state index contributed by atoms with van der Waals surface area (Å²) in [6.07, 6.45) is 0.745. The van der Waals surface area contributed by atoms with Crippen LogP contribution in [0, 0.1) is 6.92 Å². The number of hydrogen-bond acceptors (Lipinski definition) is 5. The average molecular weight is 309 g/mol. The van der Waals surface area contributed by atoms with Crippen LogP contribution >= 0.6 is 0 Å². The molecular weight excluding hydrogens is 286 g/mol. The Bertz CT molecular complexity index is 771. The summed E-state index contributed by atoms with van der Waals surface area (Å²) in [5.74, 6) is 0.708. The second-order valence-electron chi connectivity index (χ2n) is 5.10. The number of nitrogens with zero attached hydrogens (tertiary/aromatic N) is 4. The molecule has 2 aromatic heterocycles. The molecule has 0 bridgehead atoms. The summed E-state index contributed by atoms with van der Waals surface area (Å²) in [5.41, 5.74) is 5.80. The second-order valence-corrected chi connectivity index (χ2v) is 5.10. The average Bonchev–Trinajstić information content (AvgIpc) is 2.82. The van der Waals surface area contributed by atoms with Crippen LogP contribution in [0.5, 0.6) is 0 Å². The fourth-order valence-corrected chi connectivity index (χ4v) is 2.59. The Morgan fingerprint density at radius 3 is 2.50 bits per heavy atom. The van der Waals surface area contributed by atoms with Crippen molar-refractivity contribution in [2.75, 3.05) is 20.3 Å². The van der Waals surface area contributed by atoms with E-state index in [1.54, 1.807) is 14.0 Å². The van der Waals surface area contributed by atoms with Crippen LogP contribution in [0.2, 0.25) is 0 Å². The molecule has 2 aromatic rings. The molecule has 0 radical (unpaired) electrons. The standard InChI is InChI=1S/C14H23N5O3/c1-4-17-13(20)11-12(19(14(17)21)8-9-22-3)16-10(2)18(11)7-5-6-15/h4-9,15H2,1-3H3. The highest BCUT2D eigenvalue weighted by Gasteiger charge is 2.19. The highest BCUT2D eigenvalue weighted by Crippen LogP contribution is 2.11. The van der Waals surface area contributed by atoms with E-state index in [-0.39, 0.29) is 11.2 Å². The number of imidazole rings is 1. The fraction of sp³-hybridized carbons (Fsp3) is 0.643. The van der Waals surface area contributed by atoms with Crippen molar-refractivity contribution in [3.63, 3.8) is 0 Å². The Balaban J connectivity index is 2.78. The van der Waals surface area contributed by atoms with Gasteiger partial charge in [0.25, 0.3) is 5.56 Å². The van der Waals surface area contributed by atoms with Crippen LogP contribution in [0.3, 0.4) is 0 Å². The summed E-state index contributed by atoms with van der Waals surface area (Å²) in [6.45, 7) is 5.82. The lowest BCUT2D eigenvalue weighted by atomic mass is 10.4. The largest absolute Gasteiger partial charge is 0.383 e. The first-order valence-corrected chi connectivity index (χ1v) is 7.46. The summed E-state index contributed by atoms with van der Waals surface area (Å²) >= 11 is 0. The minimum absolute atomic E-state index is 0.297. The molecule has 0 fully saturated rings. The van der Waals surface area contributed by atoms with E-state index in [1.165, 1.54) is 9.13 Å². The molecule has 0 aromatic carbocycles. The summed E-state index contributed by atoms with van der Waals surface area (Å²) < 4.78 is 9.65. The SMILES string of the molecule is CCn1c(=O)c2c(nc(C)n2CCCN)n(CCOC)c1=O. The summed E-state index contributed by atoms with van der Waals surface area (Å²) in [6, 6.07) is 0. The Hall–Kier alpha value is -1.93. The van der Waals surface area contributed by atoms with Crippen LogP contribution in [-0.2, 0) is 24.4 Å². The van der Waals surface area contributed by atoms with E-state index >= 15 is 0 Å². The van der Waals surface area contributed by atoms with Crippen molar-refractivity contribution in [2.24, 2.45) is 5.73 Å².